The molecule has 0 atom stereocenters. The standard InChI is InChI=1S/C46H28/c1-25-8-3-9-26(2)44(25)43-24-37-30(38-22-40-33-16-6-12-28-13-7-17-34(46(28)33)41(40)23-42(38)43)19-18-29-20-36-31-14-4-10-27-11-5-15-32(45(27)31)39(36)21-35(29)37/h3-24H,1-2H3. The van der Waals surface area contributed by atoms with E-state index in [1.807, 2.05) is 0 Å². The Morgan fingerprint density at radius 2 is 0.717 bits per heavy atom. The van der Waals surface area contributed by atoms with Crippen molar-refractivity contribution in [3.05, 3.63) is 145 Å². The molecule has 2 aliphatic rings. The van der Waals surface area contributed by atoms with Gasteiger partial charge in [0.1, 0.15) is 0 Å². The highest BCUT2D eigenvalue weighted by molar-refractivity contribution is 6.27. The summed E-state index contributed by atoms with van der Waals surface area (Å²) < 4.78 is 0. The molecule has 0 aromatic heterocycles. The van der Waals surface area contributed by atoms with Gasteiger partial charge in [-0.1, -0.05) is 103 Å². The van der Waals surface area contributed by atoms with E-state index in [2.05, 4.69) is 147 Å². The van der Waals surface area contributed by atoms with Crippen molar-refractivity contribution < 1.29 is 0 Å². The lowest BCUT2D eigenvalue weighted by molar-refractivity contribution is 1.39. The number of rotatable bonds is 1. The van der Waals surface area contributed by atoms with E-state index in [9.17, 15) is 0 Å². The Kier molecular flexibility index (Phi) is 4.54. The third kappa shape index (κ3) is 2.99. The molecule has 9 aromatic carbocycles. The van der Waals surface area contributed by atoms with E-state index < -0.39 is 0 Å². The van der Waals surface area contributed by atoms with Gasteiger partial charge in [0.25, 0.3) is 0 Å². The van der Waals surface area contributed by atoms with Gasteiger partial charge >= 0.3 is 0 Å². The fourth-order valence-corrected chi connectivity index (χ4v) is 8.97. The lowest BCUT2D eigenvalue weighted by Gasteiger charge is -2.18. The number of hydrogen-bond donors (Lipinski definition) is 0. The fourth-order valence-electron chi connectivity index (χ4n) is 8.97. The van der Waals surface area contributed by atoms with Crippen molar-refractivity contribution in [2.24, 2.45) is 0 Å². The van der Waals surface area contributed by atoms with Crippen LogP contribution < -0.4 is 0 Å². The van der Waals surface area contributed by atoms with E-state index in [0.717, 1.165) is 0 Å². The molecule has 2 aliphatic carbocycles. The SMILES string of the molecule is Cc1cccc(C)c1-c1cc2c3cc4c(cc3ccc2c2cc3c(cc12)-c1cccc2cccc-3c12)-c1cccc2cccc-4c12. The van der Waals surface area contributed by atoms with Gasteiger partial charge in [-0.3, -0.25) is 0 Å². The lowest BCUT2D eigenvalue weighted by Crippen LogP contribution is -1.92. The van der Waals surface area contributed by atoms with Crippen LogP contribution in [0.3, 0.4) is 0 Å². The first-order valence-corrected chi connectivity index (χ1v) is 16.3. The summed E-state index contributed by atoms with van der Waals surface area (Å²) >= 11 is 0. The van der Waals surface area contributed by atoms with Crippen LogP contribution in [-0.4, -0.2) is 0 Å². The molecule has 0 spiro atoms. The van der Waals surface area contributed by atoms with Crippen LogP contribution in [0.15, 0.2) is 133 Å². The van der Waals surface area contributed by atoms with Crippen molar-refractivity contribution in [2.75, 3.05) is 0 Å². The van der Waals surface area contributed by atoms with Gasteiger partial charge < -0.3 is 0 Å². The van der Waals surface area contributed by atoms with Gasteiger partial charge in [-0.2, -0.15) is 0 Å². The third-order valence-corrected chi connectivity index (χ3v) is 10.9. The van der Waals surface area contributed by atoms with Crippen LogP contribution in [-0.2, 0) is 0 Å². The van der Waals surface area contributed by atoms with Crippen molar-refractivity contribution in [2.45, 2.75) is 13.8 Å². The second kappa shape index (κ2) is 8.50. The first-order valence-electron chi connectivity index (χ1n) is 16.3. The van der Waals surface area contributed by atoms with Gasteiger partial charge in [-0.15, -0.1) is 0 Å². The molecule has 0 amide bonds. The molecule has 212 valence electrons. The molecule has 0 N–H and O–H groups in total. The molecule has 0 saturated heterocycles. The molecule has 46 heavy (non-hydrogen) atoms. The van der Waals surface area contributed by atoms with Crippen molar-refractivity contribution in [3.8, 4) is 55.6 Å². The average molecular weight is 581 g/mol. The van der Waals surface area contributed by atoms with Crippen molar-refractivity contribution in [1.82, 2.24) is 0 Å². The van der Waals surface area contributed by atoms with Crippen LogP contribution in [0.25, 0.3) is 109 Å². The zero-order valence-electron chi connectivity index (χ0n) is 25.7. The summed E-state index contributed by atoms with van der Waals surface area (Å²) in [7, 11) is 0. The van der Waals surface area contributed by atoms with Crippen molar-refractivity contribution in [1.29, 1.82) is 0 Å². The van der Waals surface area contributed by atoms with Crippen LogP contribution >= 0.6 is 0 Å². The molecule has 0 heteroatoms. The molecule has 0 nitrogen and oxygen atoms in total. The lowest BCUT2D eigenvalue weighted by atomic mass is 9.85. The minimum atomic E-state index is 1.29. The summed E-state index contributed by atoms with van der Waals surface area (Å²) in [5, 5.41) is 13.3. The van der Waals surface area contributed by atoms with E-state index in [-0.39, 0.29) is 0 Å². The van der Waals surface area contributed by atoms with Crippen LogP contribution in [0.2, 0.25) is 0 Å². The van der Waals surface area contributed by atoms with Crippen LogP contribution in [0, 0.1) is 13.8 Å². The summed E-state index contributed by atoms with van der Waals surface area (Å²) in [5.41, 5.74) is 16.1. The van der Waals surface area contributed by atoms with Gasteiger partial charge in [0.2, 0.25) is 0 Å². The second-order valence-corrected chi connectivity index (χ2v) is 13.3. The van der Waals surface area contributed by atoms with Gasteiger partial charge in [0, 0.05) is 0 Å². The average Bonchev–Trinajstić information content (AvgIpc) is 3.57. The molecule has 0 saturated carbocycles. The first kappa shape index (κ1) is 24.6. The number of benzene rings is 9. The zero-order valence-corrected chi connectivity index (χ0v) is 25.7. The second-order valence-electron chi connectivity index (χ2n) is 13.3. The summed E-state index contributed by atoms with van der Waals surface area (Å²) in [5.74, 6) is 0. The summed E-state index contributed by atoms with van der Waals surface area (Å²) in [6, 6.07) is 50.8. The van der Waals surface area contributed by atoms with E-state index in [4.69, 9.17) is 0 Å². The predicted octanol–water partition coefficient (Wildman–Crippen LogP) is 13.0. The van der Waals surface area contributed by atoms with E-state index in [1.165, 1.54) is 121 Å². The summed E-state index contributed by atoms with van der Waals surface area (Å²) in [4.78, 5) is 0. The first-order chi connectivity index (χ1) is 22.6. The molecule has 0 radical (unpaired) electrons. The van der Waals surface area contributed by atoms with E-state index in [0.29, 0.717) is 0 Å². The number of hydrogen-bond acceptors (Lipinski definition) is 0. The van der Waals surface area contributed by atoms with Gasteiger partial charge in [0.05, 0.1) is 0 Å². The van der Waals surface area contributed by atoms with Gasteiger partial charge in [-0.05, 0) is 165 Å². The Bertz CT molecular complexity index is 2830. The van der Waals surface area contributed by atoms with Crippen LogP contribution in [0.1, 0.15) is 11.1 Å². The third-order valence-electron chi connectivity index (χ3n) is 10.9. The Labute approximate surface area is 267 Å². The Morgan fingerprint density at radius 1 is 0.283 bits per heavy atom. The molecular weight excluding hydrogens is 553 g/mol. The molecule has 0 fully saturated rings. The molecule has 0 unspecified atom stereocenters. The molecule has 11 rings (SSSR count). The van der Waals surface area contributed by atoms with Crippen LogP contribution in [0.4, 0.5) is 0 Å². The van der Waals surface area contributed by atoms with E-state index >= 15 is 0 Å². The normalized spacial score (nSPS) is 12.6. The Hall–Kier alpha value is -5.72. The minimum Gasteiger partial charge on any atom is -0.0617 e. The van der Waals surface area contributed by atoms with Crippen LogP contribution in [0.5, 0.6) is 0 Å². The Balaban J connectivity index is 1.30. The quantitative estimate of drug-likeness (QED) is 0.169. The zero-order chi connectivity index (χ0) is 30.3. The fraction of sp³-hybridized carbons (Fsp3) is 0.0435. The molecule has 0 aliphatic heterocycles. The minimum absolute atomic E-state index is 1.29. The highest BCUT2D eigenvalue weighted by Gasteiger charge is 2.25. The monoisotopic (exact) mass is 580 g/mol. The molecular formula is C46H28. The molecule has 9 aromatic rings. The van der Waals surface area contributed by atoms with Crippen molar-refractivity contribution in [3.63, 3.8) is 0 Å². The summed E-state index contributed by atoms with van der Waals surface area (Å²) in [6.45, 7) is 4.52. The highest BCUT2D eigenvalue weighted by Crippen LogP contribution is 2.53. The predicted molar refractivity (Wildman–Crippen MR) is 198 cm³/mol. The smallest absolute Gasteiger partial charge is 0.00264 e. The van der Waals surface area contributed by atoms with Crippen molar-refractivity contribution >= 4 is 53.9 Å². The molecule has 0 bridgehead atoms. The number of aryl methyl sites for hydroxylation is 2. The maximum Gasteiger partial charge on any atom is -0.00264 e. The van der Waals surface area contributed by atoms with Gasteiger partial charge in [-0.25, -0.2) is 0 Å². The highest BCUT2D eigenvalue weighted by atomic mass is 14.3. The van der Waals surface area contributed by atoms with E-state index in [1.54, 1.807) is 0 Å². The van der Waals surface area contributed by atoms with Gasteiger partial charge in [0.15, 0.2) is 0 Å². The number of fused-ring (bicyclic) bond motifs is 11. The maximum absolute atomic E-state index is 2.50. The molecule has 0 heterocycles. The Morgan fingerprint density at radius 3 is 1.28 bits per heavy atom. The largest absolute Gasteiger partial charge is 0.0617 e. The topological polar surface area (TPSA) is 0 Å². The maximum atomic E-state index is 2.50. The summed E-state index contributed by atoms with van der Waals surface area (Å²) in [6.07, 6.45) is 0.